The first-order valence-corrected chi connectivity index (χ1v) is 3.40. The number of hydroxylamine groups is 1. The van der Waals surface area contributed by atoms with E-state index >= 15 is 0 Å². The number of aliphatic hydroxyl groups is 1. The molecule has 1 saturated carbocycles. The Morgan fingerprint density at radius 2 is 1.67 bits per heavy atom. The first-order valence-electron chi connectivity index (χ1n) is 3.40. The number of aliphatic hydroxyl groups excluding tert-OH is 1. The van der Waals surface area contributed by atoms with Gasteiger partial charge in [0.2, 0.25) is 0 Å². The van der Waals surface area contributed by atoms with E-state index in [2.05, 4.69) is 5.48 Å². The number of nitrogens with one attached hydrogen (secondary N) is 1. The van der Waals surface area contributed by atoms with E-state index in [4.69, 9.17) is 10.3 Å². The van der Waals surface area contributed by atoms with E-state index < -0.39 is 0 Å². The third kappa shape index (κ3) is 1.93. The standard InChI is InChI=1S/C6H13NO2/c8-6-3-1-5(7-9)2-4-6/h5-9H,1-4H2. The molecule has 0 amide bonds. The number of hydrogen-bond acceptors (Lipinski definition) is 3. The van der Waals surface area contributed by atoms with Gasteiger partial charge in [-0.25, -0.2) is 5.48 Å². The molecule has 3 heteroatoms. The zero-order chi connectivity index (χ0) is 6.69. The third-order valence-electron chi connectivity index (χ3n) is 1.88. The summed E-state index contributed by atoms with van der Waals surface area (Å²) in [5.41, 5.74) is 2.21. The van der Waals surface area contributed by atoms with Crippen LogP contribution in [0.2, 0.25) is 0 Å². The first-order chi connectivity index (χ1) is 4.33. The van der Waals surface area contributed by atoms with Crippen molar-refractivity contribution >= 4 is 0 Å². The Hall–Kier alpha value is -0.120. The molecule has 0 radical (unpaired) electrons. The summed E-state index contributed by atoms with van der Waals surface area (Å²) in [6.07, 6.45) is 3.28. The fourth-order valence-corrected chi connectivity index (χ4v) is 1.20. The maximum absolute atomic E-state index is 9.01. The molecule has 1 rings (SSSR count). The van der Waals surface area contributed by atoms with Gasteiger partial charge < -0.3 is 10.3 Å². The molecule has 0 aliphatic heterocycles. The molecule has 0 heterocycles. The van der Waals surface area contributed by atoms with Crippen LogP contribution in [-0.2, 0) is 0 Å². The second kappa shape index (κ2) is 3.15. The normalized spacial score (nSPS) is 36.7. The highest BCUT2D eigenvalue weighted by Crippen LogP contribution is 2.17. The minimum Gasteiger partial charge on any atom is -0.393 e. The largest absolute Gasteiger partial charge is 0.393 e. The molecule has 0 aromatic rings. The molecule has 1 aliphatic carbocycles. The maximum atomic E-state index is 9.01. The fraction of sp³-hybridized carbons (Fsp3) is 1.00. The lowest BCUT2D eigenvalue weighted by Crippen LogP contribution is -2.32. The summed E-state index contributed by atoms with van der Waals surface area (Å²) in [7, 11) is 0. The van der Waals surface area contributed by atoms with Gasteiger partial charge in [-0.05, 0) is 25.7 Å². The van der Waals surface area contributed by atoms with Gasteiger partial charge in [0.05, 0.1) is 6.10 Å². The lowest BCUT2D eigenvalue weighted by Gasteiger charge is -2.23. The van der Waals surface area contributed by atoms with E-state index in [-0.39, 0.29) is 12.1 Å². The SMILES string of the molecule is ONC1CCC(O)CC1. The maximum Gasteiger partial charge on any atom is 0.0541 e. The van der Waals surface area contributed by atoms with Gasteiger partial charge in [-0.2, -0.15) is 0 Å². The van der Waals surface area contributed by atoms with Crippen LogP contribution in [0.4, 0.5) is 0 Å². The van der Waals surface area contributed by atoms with Crippen LogP contribution in [0.5, 0.6) is 0 Å². The molecule has 0 unspecified atom stereocenters. The van der Waals surface area contributed by atoms with Crippen molar-refractivity contribution in [2.75, 3.05) is 0 Å². The van der Waals surface area contributed by atoms with Crippen molar-refractivity contribution in [3.05, 3.63) is 0 Å². The third-order valence-corrected chi connectivity index (χ3v) is 1.88. The topological polar surface area (TPSA) is 52.5 Å². The van der Waals surface area contributed by atoms with Crippen molar-refractivity contribution in [1.82, 2.24) is 5.48 Å². The van der Waals surface area contributed by atoms with Crippen molar-refractivity contribution in [2.24, 2.45) is 0 Å². The lowest BCUT2D eigenvalue weighted by atomic mass is 9.94. The van der Waals surface area contributed by atoms with Gasteiger partial charge in [0, 0.05) is 6.04 Å². The quantitative estimate of drug-likeness (QED) is 0.448. The predicted molar refractivity (Wildman–Crippen MR) is 33.2 cm³/mol. The average Bonchev–Trinajstić information content (AvgIpc) is 1.90. The zero-order valence-electron chi connectivity index (χ0n) is 5.38. The highest BCUT2D eigenvalue weighted by molar-refractivity contribution is 4.73. The fourth-order valence-electron chi connectivity index (χ4n) is 1.20. The first kappa shape index (κ1) is 6.99. The Morgan fingerprint density at radius 1 is 1.11 bits per heavy atom. The van der Waals surface area contributed by atoms with Gasteiger partial charge in [-0.3, -0.25) is 0 Å². The van der Waals surface area contributed by atoms with Gasteiger partial charge in [0.15, 0.2) is 0 Å². The molecule has 0 aromatic carbocycles. The summed E-state index contributed by atoms with van der Waals surface area (Å²) < 4.78 is 0. The molecule has 0 bridgehead atoms. The van der Waals surface area contributed by atoms with Crippen molar-refractivity contribution in [3.8, 4) is 0 Å². The summed E-state index contributed by atoms with van der Waals surface area (Å²) in [5.74, 6) is 0. The molecule has 1 fully saturated rings. The van der Waals surface area contributed by atoms with Crippen LogP contribution in [0.15, 0.2) is 0 Å². The Labute approximate surface area is 54.7 Å². The molecule has 0 aromatic heterocycles. The van der Waals surface area contributed by atoms with E-state index in [0.717, 1.165) is 25.7 Å². The van der Waals surface area contributed by atoms with Crippen molar-refractivity contribution in [3.63, 3.8) is 0 Å². The summed E-state index contributed by atoms with van der Waals surface area (Å²) in [6.45, 7) is 0. The monoisotopic (exact) mass is 131 g/mol. The highest BCUT2D eigenvalue weighted by Gasteiger charge is 2.17. The minimum absolute atomic E-state index is 0.130. The van der Waals surface area contributed by atoms with Crippen LogP contribution in [0.25, 0.3) is 0 Å². The van der Waals surface area contributed by atoms with Crippen molar-refractivity contribution in [1.29, 1.82) is 0 Å². The molecular formula is C6H13NO2. The van der Waals surface area contributed by atoms with Gasteiger partial charge in [-0.15, -0.1) is 0 Å². The van der Waals surface area contributed by atoms with E-state index in [1.807, 2.05) is 0 Å². The lowest BCUT2D eigenvalue weighted by molar-refractivity contribution is 0.0624. The second-order valence-corrected chi connectivity index (χ2v) is 2.63. The summed E-state index contributed by atoms with van der Waals surface area (Å²) >= 11 is 0. The van der Waals surface area contributed by atoms with Crippen LogP contribution in [0.1, 0.15) is 25.7 Å². The highest BCUT2D eigenvalue weighted by atomic mass is 16.5. The smallest absolute Gasteiger partial charge is 0.0541 e. The van der Waals surface area contributed by atoms with Gasteiger partial charge in [0.1, 0.15) is 0 Å². The second-order valence-electron chi connectivity index (χ2n) is 2.63. The summed E-state index contributed by atoms with van der Waals surface area (Å²) in [4.78, 5) is 0. The van der Waals surface area contributed by atoms with Gasteiger partial charge in [0.25, 0.3) is 0 Å². The molecule has 1 aliphatic rings. The Bertz CT molecular complexity index is 79.1. The van der Waals surface area contributed by atoms with Crippen LogP contribution in [0.3, 0.4) is 0 Å². The molecule has 0 atom stereocenters. The summed E-state index contributed by atoms with van der Waals surface area (Å²) in [5, 5.41) is 17.5. The molecule has 3 N–H and O–H groups in total. The van der Waals surface area contributed by atoms with Gasteiger partial charge >= 0.3 is 0 Å². The molecule has 3 nitrogen and oxygen atoms in total. The Kier molecular flexibility index (Phi) is 2.45. The van der Waals surface area contributed by atoms with E-state index in [1.54, 1.807) is 0 Å². The van der Waals surface area contributed by atoms with Crippen LogP contribution >= 0.6 is 0 Å². The number of hydrogen-bond donors (Lipinski definition) is 3. The molecule has 54 valence electrons. The molecule has 9 heavy (non-hydrogen) atoms. The predicted octanol–water partition coefficient (Wildman–Crippen LogP) is 0.269. The van der Waals surface area contributed by atoms with Crippen LogP contribution < -0.4 is 5.48 Å². The average molecular weight is 131 g/mol. The van der Waals surface area contributed by atoms with E-state index in [0.29, 0.717) is 0 Å². The molecular weight excluding hydrogens is 118 g/mol. The number of rotatable bonds is 1. The van der Waals surface area contributed by atoms with Crippen molar-refractivity contribution < 1.29 is 10.3 Å². The Balaban J connectivity index is 2.18. The molecule has 0 spiro atoms. The zero-order valence-corrected chi connectivity index (χ0v) is 5.38. The van der Waals surface area contributed by atoms with Crippen LogP contribution in [-0.4, -0.2) is 22.5 Å². The Morgan fingerprint density at radius 3 is 2.11 bits per heavy atom. The van der Waals surface area contributed by atoms with Crippen molar-refractivity contribution in [2.45, 2.75) is 37.8 Å². The van der Waals surface area contributed by atoms with Gasteiger partial charge in [-0.1, -0.05) is 0 Å². The minimum atomic E-state index is -0.130. The van der Waals surface area contributed by atoms with Crippen LogP contribution in [0, 0.1) is 0 Å². The van der Waals surface area contributed by atoms with E-state index in [1.165, 1.54) is 0 Å². The molecule has 0 saturated heterocycles. The van der Waals surface area contributed by atoms with E-state index in [9.17, 15) is 0 Å². The summed E-state index contributed by atoms with van der Waals surface area (Å²) in [6, 6.07) is 0.216.